The van der Waals surface area contributed by atoms with Crippen molar-refractivity contribution in [2.24, 2.45) is 0 Å². The van der Waals surface area contributed by atoms with E-state index >= 15 is 0 Å². The van der Waals surface area contributed by atoms with Gasteiger partial charge in [0.2, 0.25) is 0 Å². The van der Waals surface area contributed by atoms with Crippen molar-refractivity contribution >= 4 is 15.9 Å². The van der Waals surface area contributed by atoms with Gasteiger partial charge in [-0.25, -0.2) is 13.2 Å². The van der Waals surface area contributed by atoms with Gasteiger partial charge in [0, 0.05) is 48.8 Å². The van der Waals surface area contributed by atoms with Gasteiger partial charge in [0.15, 0.2) is 9.84 Å². The van der Waals surface area contributed by atoms with Crippen LogP contribution in [0.25, 0.3) is 0 Å². The van der Waals surface area contributed by atoms with Crippen molar-refractivity contribution in [3.63, 3.8) is 0 Å². The van der Waals surface area contributed by atoms with E-state index in [1.807, 2.05) is 11.0 Å². The van der Waals surface area contributed by atoms with E-state index in [2.05, 4.69) is 59.2 Å². The maximum absolute atomic E-state index is 13.3. The first kappa shape index (κ1) is 25.4. The van der Waals surface area contributed by atoms with E-state index in [1.165, 1.54) is 36.0 Å². The van der Waals surface area contributed by atoms with E-state index in [-0.39, 0.29) is 41.1 Å². The Kier molecular flexibility index (Phi) is 7.07. The molecule has 1 saturated heterocycles. The molecule has 2 fully saturated rings. The fraction of sp³-hybridized carbons (Fsp3) is 0.464. The van der Waals surface area contributed by atoms with Crippen LogP contribution in [0.1, 0.15) is 80.1 Å². The molecule has 8 nitrogen and oxygen atoms in total. The molecule has 5 rings (SSSR count). The molecule has 1 N–H and O–H groups in total. The fourth-order valence-corrected chi connectivity index (χ4v) is 5.97. The second-order valence-electron chi connectivity index (χ2n) is 10.4. The third-order valence-electron chi connectivity index (χ3n) is 7.44. The number of benzene rings is 1. The van der Waals surface area contributed by atoms with Gasteiger partial charge in [-0.05, 0) is 50.5 Å². The van der Waals surface area contributed by atoms with Gasteiger partial charge in [-0.3, -0.25) is 9.67 Å². The van der Waals surface area contributed by atoms with Crippen LogP contribution >= 0.6 is 0 Å². The minimum absolute atomic E-state index is 0.0291. The SMILES string of the molecule is CCS(=O)(=O)c1ccc(CNC(=O)N2CC(c3ccccc3)C(c3cc(C4CC4)nn3C(C)C)C2)nc1. The van der Waals surface area contributed by atoms with Gasteiger partial charge in [0.1, 0.15) is 0 Å². The number of urea groups is 1. The number of likely N-dealkylation sites (tertiary alicyclic amines) is 1. The number of aromatic nitrogens is 3. The molecule has 37 heavy (non-hydrogen) atoms. The van der Waals surface area contributed by atoms with Crippen LogP contribution in [0.2, 0.25) is 0 Å². The zero-order valence-corrected chi connectivity index (χ0v) is 22.5. The Balaban J connectivity index is 1.34. The summed E-state index contributed by atoms with van der Waals surface area (Å²) in [5.41, 5.74) is 4.22. The topological polar surface area (TPSA) is 97.2 Å². The van der Waals surface area contributed by atoms with E-state index in [1.54, 1.807) is 19.1 Å². The molecule has 0 spiro atoms. The summed E-state index contributed by atoms with van der Waals surface area (Å²) in [5.74, 6) is 0.916. The first-order valence-electron chi connectivity index (χ1n) is 13.1. The van der Waals surface area contributed by atoms with E-state index in [4.69, 9.17) is 5.10 Å². The normalized spacial score (nSPS) is 19.9. The van der Waals surface area contributed by atoms with Crippen molar-refractivity contribution in [3.8, 4) is 0 Å². The van der Waals surface area contributed by atoms with Crippen molar-refractivity contribution in [2.75, 3.05) is 18.8 Å². The van der Waals surface area contributed by atoms with Crippen LogP contribution in [0.5, 0.6) is 0 Å². The van der Waals surface area contributed by atoms with Crippen LogP contribution < -0.4 is 5.32 Å². The smallest absolute Gasteiger partial charge is 0.317 e. The molecule has 9 heteroatoms. The van der Waals surface area contributed by atoms with E-state index in [0.29, 0.717) is 24.7 Å². The molecule has 2 atom stereocenters. The zero-order chi connectivity index (χ0) is 26.2. The second-order valence-corrected chi connectivity index (χ2v) is 12.7. The molecule has 2 aromatic heterocycles. The van der Waals surface area contributed by atoms with Crippen molar-refractivity contribution in [3.05, 3.63) is 77.4 Å². The van der Waals surface area contributed by atoms with Crippen LogP contribution in [-0.4, -0.2) is 53.0 Å². The summed E-state index contributed by atoms with van der Waals surface area (Å²) in [4.78, 5) is 19.6. The molecule has 3 heterocycles. The van der Waals surface area contributed by atoms with Gasteiger partial charge in [0.05, 0.1) is 28.6 Å². The van der Waals surface area contributed by atoms with Crippen molar-refractivity contribution in [1.29, 1.82) is 0 Å². The first-order chi connectivity index (χ1) is 17.8. The lowest BCUT2D eigenvalue weighted by atomic mass is 9.86. The summed E-state index contributed by atoms with van der Waals surface area (Å²) in [6.07, 6.45) is 3.77. The molecule has 1 saturated carbocycles. The first-order valence-corrected chi connectivity index (χ1v) is 14.8. The number of hydrogen-bond donors (Lipinski definition) is 1. The lowest BCUT2D eigenvalue weighted by Gasteiger charge is -2.21. The Labute approximate surface area is 219 Å². The van der Waals surface area contributed by atoms with Crippen LogP contribution in [0.15, 0.2) is 59.6 Å². The monoisotopic (exact) mass is 521 g/mol. The number of nitrogens with one attached hydrogen (secondary N) is 1. The van der Waals surface area contributed by atoms with E-state index < -0.39 is 9.84 Å². The van der Waals surface area contributed by atoms with Crippen LogP contribution in [-0.2, 0) is 16.4 Å². The highest BCUT2D eigenvalue weighted by atomic mass is 32.2. The highest BCUT2D eigenvalue weighted by molar-refractivity contribution is 7.91. The second kappa shape index (κ2) is 10.3. The Morgan fingerprint density at radius 1 is 1.08 bits per heavy atom. The van der Waals surface area contributed by atoms with Gasteiger partial charge < -0.3 is 10.2 Å². The average Bonchev–Trinajstić information content (AvgIpc) is 3.50. The standard InChI is InChI=1S/C28H35N5O3S/c1-4-37(35,36)23-13-12-22(29-16-23)15-30-28(34)32-17-24(20-8-6-5-7-9-20)25(18-32)27-14-26(21-10-11-21)31-33(27)19(2)3/h5-9,12-14,16,19,21,24-25H,4,10-11,15,17-18H2,1-3H3,(H,30,34). The minimum atomic E-state index is -3.30. The lowest BCUT2D eigenvalue weighted by Crippen LogP contribution is -2.38. The quantitative estimate of drug-likeness (QED) is 0.466. The summed E-state index contributed by atoms with van der Waals surface area (Å²) < 4.78 is 26.2. The number of carbonyl (C=O) groups excluding carboxylic acids is 1. The molecule has 2 amide bonds. The number of pyridine rings is 1. The molecular formula is C28H35N5O3S. The number of rotatable bonds is 8. The van der Waals surface area contributed by atoms with Gasteiger partial charge >= 0.3 is 6.03 Å². The number of hydrogen-bond acceptors (Lipinski definition) is 5. The van der Waals surface area contributed by atoms with Crippen molar-refractivity contribution < 1.29 is 13.2 Å². The van der Waals surface area contributed by atoms with Crippen molar-refractivity contribution in [1.82, 2.24) is 25.0 Å². The summed E-state index contributed by atoms with van der Waals surface area (Å²) in [7, 11) is -3.30. The largest absolute Gasteiger partial charge is 0.332 e. The van der Waals surface area contributed by atoms with Crippen LogP contribution in [0, 0.1) is 0 Å². The lowest BCUT2D eigenvalue weighted by molar-refractivity contribution is 0.207. The maximum Gasteiger partial charge on any atom is 0.317 e. The summed E-state index contributed by atoms with van der Waals surface area (Å²) in [6.45, 7) is 7.38. The highest BCUT2D eigenvalue weighted by Crippen LogP contribution is 2.44. The zero-order valence-electron chi connectivity index (χ0n) is 21.7. The molecule has 196 valence electrons. The Morgan fingerprint density at radius 2 is 1.81 bits per heavy atom. The van der Waals surface area contributed by atoms with Crippen molar-refractivity contribution in [2.45, 2.75) is 68.8 Å². The summed E-state index contributed by atoms with van der Waals surface area (Å²) >= 11 is 0. The third-order valence-corrected chi connectivity index (χ3v) is 9.16. The predicted octanol–water partition coefficient (Wildman–Crippen LogP) is 4.62. The molecule has 2 aliphatic rings. The van der Waals surface area contributed by atoms with Gasteiger partial charge in [-0.1, -0.05) is 37.3 Å². The van der Waals surface area contributed by atoms with E-state index in [9.17, 15) is 13.2 Å². The van der Waals surface area contributed by atoms with Crippen LogP contribution in [0.3, 0.4) is 0 Å². The molecule has 1 aromatic carbocycles. The molecular weight excluding hydrogens is 486 g/mol. The van der Waals surface area contributed by atoms with E-state index in [0.717, 1.165) is 0 Å². The molecule has 0 radical (unpaired) electrons. The molecule has 3 aromatic rings. The third kappa shape index (κ3) is 5.42. The number of carbonyl (C=O) groups is 1. The summed E-state index contributed by atoms with van der Waals surface area (Å²) in [6, 6.07) is 16.0. The predicted molar refractivity (Wildman–Crippen MR) is 142 cm³/mol. The van der Waals surface area contributed by atoms with Gasteiger partial charge in [0.25, 0.3) is 0 Å². The van der Waals surface area contributed by atoms with Gasteiger partial charge in [-0.2, -0.15) is 5.10 Å². The highest BCUT2D eigenvalue weighted by Gasteiger charge is 2.40. The molecule has 2 unspecified atom stereocenters. The Bertz CT molecular complexity index is 1350. The van der Waals surface area contributed by atoms with Gasteiger partial charge in [-0.15, -0.1) is 0 Å². The number of nitrogens with zero attached hydrogens (tertiary/aromatic N) is 4. The molecule has 1 aliphatic carbocycles. The average molecular weight is 522 g/mol. The molecule has 0 bridgehead atoms. The minimum Gasteiger partial charge on any atom is -0.332 e. The fourth-order valence-electron chi connectivity index (χ4n) is 5.15. The Morgan fingerprint density at radius 3 is 2.43 bits per heavy atom. The Hall–Kier alpha value is -3.20. The maximum atomic E-state index is 13.3. The summed E-state index contributed by atoms with van der Waals surface area (Å²) in [5, 5.41) is 7.95. The number of amides is 2. The number of sulfone groups is 1. The van der Waals surface area contributed by atoms with Crippen LogP contribution in [0.4, 0.5) is 4.79 Å². The molecule has 1 aliphatic heterocycles.